The lowest BCUT2D eigenvalue weighted by atomic mass is 9.54. The number of sulfonamides is 1. The predicted octanol–water partition coefficient (Wildman–Crippen LogP) is 2.67. The van der Waals surface area contributed by atoms with Gasteiger partial charge in [-0.25, -0.2) is 8.42 Å². The van der Waals surface area contributed by atoms with Gasteiger partial charge in [0, 0.05) is 12.6 Å². The molecule has 1 saturated heterocycles. The zero-order chi connectivity index (χ0) is 20.2. The first kappa shape index (κ1) is 19.8. The van der Waals surface area contributed by atoms with E-state index in [0.717, 1.165) is 11.8 Å². The van der Waals surface area contributed by atoms with Crippen LogP contribution in [0.2, 0.25) is 5.02 Å². The Morgan fingerprint density at radius 2 is 1.72 bits per heavy atom. The molecule has 8 heteroatoms. The normalized spacial score (nSPS) is 36.9. The van der Waals surface area contributed by atoms with E-state index in [-0.39, 0.29) is 41.6 Å². The molecule has 0 spiro atoms. The number of carbonyl (C=O) groups is 1. The van der Waals surface area contributed by atoms with Gasteiger partial charge in [-0.2, -0.15) is 4.31 Å². The quantitative estimate of drug-likeness (QED) is 0.784. The van der Waals surface area contributed by atoms with Gasteiger partial charge >= 0.3 is 0 Å². The molecule has 1 amide bonds. The third-order valence-electron chi connectivity index (χ3n) is 7.34. The number of nitrogens with zero attached hydrogens (tertiary/aromatic N) is 1. The van der Waals surface area contributed by atoms with Gasteiger partial charge in [-0.1, -0.05) is 23.7 Å². The van der Waals surface area contributed by atoms with Crippen LogP contribution in [-0.2, 0) is 19.6 Å². The summed E-state index contributed by atoms with van der Waals surface area (Å²) in [4.78, 5) is 13.3. The second-order valence-corrected chi connectivity index (χ2v) is 11.4. The van der Waals surface area contributed by atoms with Crippen LogP contribution in [0.15, 0.2) is 29.2 Å². The van der Waals surface area contributed by atoms with Gasteiger partial charge in [0.15, 0.2) is 0 Å². The average molecular weight is 439 g/mol. The third-order valence-corrected chi connectivity index (χ3v) is 9.75. The second-order valence-electron chi connectivity index (χ2n) is 9.10. The summed E-state index contributed by atoms with van der Waals surface area (Å²) in [5, 5.41) is 3.41. The molecule has 6 nitrogen and oxygen atoms in total. The molecule has 1 aliphatic heterocycles. The van der Waals surface area contributed by atoms with Gasteiger partial charge in [0.2, 0.25) is 15.9 Å². The minimum absolute atomic E-state index is 0.0380. The maximum absolute atomic E-state index is 13.3. The van der Waals surface area contributed by atoms with E-state index in [9.17, 15) is 13.2 Å². The molecule has 4 saturated carbocycles. The average Bonchev–Trinajstić information content (AvgIpc) is 2.70. The van der Waals surface area contributed by atoms with Crippen molar-refractivity contribution in [2.75, 3.05) is 19.8 Å². The molecule has 4 aliphatic carbocycles. The van der Waals surface area contributed by atoms with E-state index in [2.05, 4.69) is 5.32 Å². The minimum Gasteiger partial charge on any atom is -0.378 e. The molecule has 1 heterocycles. The van der Waals surface area contributed by atoms with Crippen LogP contribution in [0, 0.1) is 23.7 Å². The number of hydrogen-bond donors (Lipinski definition) is 1. The summed E-state index contributed by atoms with van der Waals surface area (Å²) >= 11 is 6.16. The fraction of sp³-hybridized carbons (Fsp3) is 0.667. The minimum atomic E-state index is -3.89. The molecule has 0 aromatic heterocycles. The van der Waals surface area contributed by atoms with Crippen molar-refractivity contribution < 1.29 is 17.9 Å². The van der Waals surface area contributed by atoms with Crippen LogP contribution in [-0.4, -0.2) is 50.5 Å². The van der Waals surface area contributed by atoms with E-state index in [4.69, 9.17) is 16.3 Å². The molecular weight excluding hydrogens is 412 g/mol. The molecule has 1 N–H and O–H groups in total. The summed E-state index contributed by atoms with van der Waals surface area (Å²) < 4.78 is 33.3. The van der Waals surface area contributed by atoms with E-state index in [1.165, 1.54) is 42.5 Å². The van der Waals surface area contributed by atoms with Crippen LogP contribution in [0.1, 0.15) is 32.1 Å². The number of ether oxygens (including phenoxy) is 1. The van der Waals surface area contributed by atoms with Crippen molar-refractivity contribution in [2.45, 2.75) is 49.1 Å². The molecule has 158 valence electrons. The maximum Gasteiger partial charge on any atom is 0.245 e. The summed E-state index contributed by atoms with van der Waals surface area (Å²) in [6, 6.07) is 5.68. The van der Waals surface area contributed by atoms with Crippen molar-refractivity contribution in [3.8, 4) is 0 Å². The third kappa shape index (κ3) is 3.50. The predicted molar refractivity (Wildman–Crippen MR) is 109 cm³/mol. The summed E-state index contributed by atoms with van der Waals surface area (Å²) in [5.74, 6) is 2.47. The highest BCUT2D eigenvalue weighted by Crippen LogP contribution is 2.53. The Morgan fingerprint density at radius 1 is 1.07 bits per heavy atom. The number of benzene rings is 1. The topological polar surface area (TPSA) is 75.7 Å². The highest BCUT2D eigenvalue weighted by Gasteiger charge is 2.49. The zero-order valence-corrected chi connectivity index (χ0v) is 17.9. The van der Waals surface area contributed by atoms with Gasteiger partial charge < -0.3 is 10.1 Å². The fourth-order valence-corrected chi connectivity index (χ4v) is 8.34. The summed E-state index contributed by atoms with van der Waals surface area (Å²) in [6.07, 6.45) is 6.14. The van der Waals surface area contributed by atoms with Crippen molar-refractivity contribution in [1.29, 1.82) is 0 Å². The van der Waals surface area contributed by atoms with Crippen LogP contribution in [0.4, 0.5) is 0 Å². The van der Waals surface area contributed by atoms with E-state index in [1.807, 2.05) is 0 Å². The van der Waals surface area contributed by atoms with E-state index in [1.54, 1.807) is 18.2 Å². The van der Waals surface area contributed by atoms with Crippen molar-refractivity contribution in [2.24, 2.45) is 23.7 Å². The molecule has 29 heavy (non-hydrogen) atoms. The lowest BCUT2D eigenvalue weighted by molar-refractivity contribution is -0.133. The number of halogens is 1. The van der Waals surface area contributed by atoms with Crippen LogP contribution < -0.4 is 5.32 Å². The Bertz CT molecular complexity index is 878. The number of morpholine rings is 1. The molecule has 1 atom stereocenters. The second kappa shape index (κ2) is 7.52. The Labute approximate surface area is 177 Å². The number of amides is 1. The Balaban J connectivity index is 1.36. The van der Waals surface area contributed by atoms with Crippen molar-refractivity contribution >= 4 is 27.5 Å². The molecule has 4 bridgehead atoms. The summed E-state index contributed by atoms with van der Waals surface area (Å²) in [7, 11) is -3.89. The van der Waals surface area contributed by atoms with Crippen molar-refractivity contribution in [3.05, 3.63) is 29.3 Å². The Hall–Kier alpha value is -1.15. The van der Waals surface area contributed by atoms with E-state index < -0.39 is 16.1 Å². The van der Waals surface area contributed by atoms with Gasteiger partial charge in [0.05, 0.1) is 18.2 Å². The molecular formula is C21H27ClN2O4S. The highest BCUT2D eigenvalue weighted by molar-refractivity contribution is 7.89. The smallest absolute Gasteiger partial charge is 0.245 e. The maximum atomic E-state index is 13.3. The van der Waals surface area contributed by atoms with Crippen LogP contribution >= 0.6 is 11.6 Å². The monoisotopic (exact) mass is 438 g/mol. The number of hydrogen-bond acceptors (Lipinski definition) is 4. The SMILES string of the molecule is O=C(NC1C2CC3CC(C2)CC1C3)[C@H]1COCCN1S(=O)(=O)c1ccccc1Cl. The molecule has 5 aliphatic rings. The Morgan fingerprint density at radius 3 is 2.38 bits per heavy atom. The zero-order valence-electron chi connectivity index (χ0n) is 16.3. The number of carbonyl (C=O) groups excluding carboxylic acids is 1. The highest BCUT2D eigenvalue weighted by atomic mass is 35.5. The number of rotatable bonds is 4. The van der Waals surface area contributed by atoms with E-state index >= 15 is 0 Å². The molecule has 1 aromatic carbocycles. The van der Waals surface area contributed by atoms with Crippen molar-refractivity contribution in [3.63, 3.8) is 0 Å². The van der Waals surface area contributed by atoms with Crippen LogP contribution in [0.25, 0.3) is 0 Å². The fourth-order valence-electron chi connectivity index (χ4n) is 6.28. The summed E-state index contributed by atoms with van der Waals surface area (Å²) in [5.41, 5.74) is 0. The first-order chi connectivity index (χ1) is 13.9. The molecule has 5 fully saturated rings. The number of nitrogens with one attached hydrogen (secondary N) is 1. The summed E-state index contributed by atoms with van der Waals surface area (Å²) in [6.45, 7) is 0.488. The largest absolute Gasteiger partial charge is 0.378 e. The van der Waals surface area contributed by atoms with Gasteiger partial charge in [-0.3, -0.25) is 4.79 Å². The van der Waals surface area contributed by atoms with Gasteiger partial charge in [-0.05, 0) is 67.9 Å². The Kier molecular flexibility index (Phi) is 5.13. The van der Waals surface area contributed by atoms with Crippen LogP contribution in [0.5, 0.6) is 0 Å². The molecule has 6 rings (SSSR count). The van der Waals surface area contributed by atoms with E-state index in [0.29, 0.717) is 11.8 Å². The molecule has 0 unspecified atom stereocenters. The van der Waals surface area contributed by atoms with Crippen molar-refractivity contribution in [1.82, 2.24) is 9.62 Å². The van der Waals surface area contributed by atoms with Gasteiger partial charge in [-0.15, -0.1) is 0 Å². The molecule has 1 aromatic rings. The lowest BCUT2D eigenvalue weighted by Crippen LogP contribution is -2.61. The standard InChI is InChI=1S/C21H27ClN2O4S/c22-17-3-1-2-4-19(17)29(26,27)24-5-6-28-12-18(24)21(25)23-20-15-8-13-7-14(10-15)11-16(20)9-13/h1-4,13-16,18,20H,5-12H2,(H,23,25)/t13?,14?,15?,16?,18-,20?/m1/s1. The lowest BCUT2D eigenvalue weighted by Gasteiger charge is -2.54. The van der Waals surface area contributed by atoms with Gasteiger partial charge in [0.25, 0.3) is 0 Å². The first-order valence-electron chi connectivity index (χ1n) is 10.6. The van der Waals surface area contributed by atoms with Crippen LogP contribution in [0.3, 0.4) is 0 Å². The first-order valence-corrected chi connectivity index (χ1v) is 12.4. The molecule has 0 radical (unpaired) electrons. The van der Waals surface area contributed by atoms with Gasteiger partial charge in [0.1, 0.15) is 10.9 Å².